The molecule has 0 unspecified atom stereocenters. The summed E-state index contributed by atoms with van der Waals surface area (Å²) in [5, 5.41) is 6.18. The highest BCUT2D eigenvalue weighted by Crippen LogP contribution is 2.38. The van der Waals surface area contributed by atoms with Gasteiger partial charge in [-0.25, -0.2) is 0 Å². The second-order valence-corrected chi connectivity index (χ2v) is 7.08. The highest BCUT2D eigenvalue weighted by Gasteiger charge is 2.18. The SMILES string of the molecule is Cc1cccc(-c2c(-c3csc(I)c3)noc2N)c1. The first-order valence-electron chi connectivity index (χ1n) is 5.72. The van der Waals surface area contributed by atoms with Gasteiger partial charge in [0.2, 0.25) is 5.88 Å². The molecule has 3 nitrogen and oxygen atoms in total. The number of benzene rings is 1. The number of thiophene rings is 1. The summed E-state index contributed by atoms with van der Waals surface area (Å²) in [4.78, 5) is 0. The molecule has 19 heavy (non-hydrogen) atoms. The molecular weight excluding hydrogens is 371 g/mol. The van der Waals surface area contributed by atoms with Crippen molar-refractivity contribution in [3.63, 3.8) is 0 Å². The van der Waals surface area contributed by atoms with Gasteiger partial charge in [0.1, 0.15) is 5.69 Å². The Balaban J connectivity index is 2.19. The number of hydrogen-bond acceptors (Lipinski definition) is 4. The van der Waals surface area contributed by atoms with Crippen molar-refractivity contribution in [2.45, 2.75) is 6.92 Å². The number of aryl methyl sites for hydroxylation is 1. The van der Waals surface area contributed by atoms with Crippen molar-refractivity contribution >= 4 is 39.8 Å². The molecule has 0 aliphatic carbocycles. The molecule has 0 aliphatic heterocycles. The van der Waals surface area contributed by atoms with Gasteiger partial charge in [0, 0.05) is 10.9 Å². The van der Waals surface area contributed by atoms with Gasteiger partial charge in [0.05, 0.1) is 8.45 Å². The van der Waals surface area contributed by atoms with Crippen LogP contribution in [0, 0.1) is 9.81 Å². The minimum Gasteiger partial charge on any atom is -0.367 e. The van der Waals surface area contributed by atoms with E-state index in [0.29, 0.717) is 5.88 Å². The quantitative estimate of drug-likeness (QED) is 0.661. The predicted octanol–water partition coefficient (Wildman–Crippen LogP) is 4.57. The van der Waals surface area contributed by atoms with Gasteiger partial charge in [0.25, 0.3) is 0 Å². The normalized spacial score (nSPS) is 10.8. The van der Waals surface area contributed by atoms with Crippen molar-refractivity contribution < 1.29 is 4.52 Å². The van der Waals surface area contributed by atoms with Crippen LogP contribution in [0.3, 0.4) is 0 Å². The largest absolute Gasteiger partial charge is 0.367 e. The number of anilines is 1. The molecule has 3 aromatic rings. The molecule has 0 bridgehead atoms. The van der Waals surface area contributed by atoms with Gasteiger partial charge in [-0.05, 0) is 41.1 Å². The fourth-order valence-corrected chi connectivity index (χ4v) is 3.34. The third kappa shape index (κ3) is 2.40. The van der Waals surface area contributed by atoms with E-state index in [1.54, 1.807) is 11.3 Å². The molecule has 0 fully saturated rings. The molecule has 0 saturated carbocycles. The molecule has 3 rings (SSSR count). The number of aromatic nitrogens is 1. The van der Waals surface area contributed by atoms with E-state index in [2.05, 4.69) is 58.3 Å². The van der Waals surface area contributed by atoms with Crippen molar-refractivity contribution in [3.8, 4) is 22.4 Å². The molecule has 0 amide bonds. The van der Waals surface area contributed by atoms with Gasteiger partial charge in [-0.15, -0.1) is 11.3 Å². The fraction of sp³-hybridized carbons (Fsp3) is 0.0714. The summed E-state index contributed by atoms with van der Waals surface area (Å²) in [7, 11) is 0. The monoisotopic (exact) mass is 382 g/mol. The Kier molecular flexibility index (Phi) is 3.32. The van der Waals surface area contributed by atoms with Crippen molar-refractivity contribution in [3.05, 3.63) is 44.2 Å². The van der Waals surface area contributed by atoms with E-state index in [4.69, 9.17) is 10.3 Å². The van der Waals surface area contributed by atoms with E-state index in [-0.39, 0.29) is 0 Å². The Morgan fingerprint density at radius 1 is 1.26 bits per heavy atom. The smallest absolute Gasteiger partial charge is 0.230 e. The topological polar surface area (TPSA) is 52.0 Å². The van der Waals surface area contributed by atoms with Gasteiger partial charge in [-0.2, -0.15) is 0 Å². The zero-order chi connectivity index (χ0) is 13.4. The van der Waals surface area contributed by atoms with E-state index >= 15 is 0 Å². The highest BCUT2D eigenvalue weighted by atomic mass is 127. The van der Waals surface area contributed by atoms with E-state index in [1.165, 1.54) is 8.45 Å². The predicted molar refractivity (Wildman–Crippen MR) is 87.1 cm³/mol. The lowest BCUT2D eigenvalue weighted by molar-refractivity contribution is 0.439. The summed E-state index contributed by atoms with van der Waals surface area (Å²) in [6.07, 6.45) is 0. The van der Waals surface area contributed by atoms with Crippen LogP contribution in [0.4, 0.5) is 5.88 Å². The molecule has 96 valence electrons. The first kappa shape index (κ1) is 12.7. The van der Waals surface area contributed by atoms with E-state index in [0.717, 1.165) is 22.4 Å². The summed E-state index contributed by atoms with van der Waals surface area (Å²) in [5.41, 5.74) is 10.9. The van der Waals surface area contributed by atoms with Gasteiger partial charge in [-0.3, -0.25) is 0 Å². The number of halogens is 1. The molecule has 0 aliphatic rings. The summed E-state index contributed by atoms with van der Waals surface area (Å²) < 4.78 is 6.40. The van der Waals surface area contributed by atoms with Crippen LogP contribution >= 0.6 is 33.9 Å². The van der Waals surface area contributed by atoms with Gasteiger partial charge in [0.15, 0.2) is 0 Å². The molecule has 5 heteroatoms. The van der Waals surface area contributed by atoms with Gasteiger partial charge >= 0.3 is 0 Å². The zero-order valence-corrected chi connectivity index (χ0v) is 13.2. The maximum Gasteiger partial charge on any atom is 0.230 e. The Morgan fingerprint density at radius 2 is 2.11 bits per heavy atom. The summed E-state index contributed by atoms with van der Waals surface area (Å²) in [6.45, 7) is 2.06. The molecule has 2 heterocycles. The minimum absolute atomic E-state index is 0.363. The lowest BCUT2D eigenvalue weighted by Crippen LogP contribution is -1.87. The molecule has 1 aromatic carbocycles. The van der Waals surface area contributed by atoms with Gasteiger partial charge < -0.3 is 10.3 Å². The number of hydrogen-bond donors (Lipinski definition) is 1. The third-order valence-corrected chi connectivity index (χ3v) is 4.66. The number of nitrogens with two attached hydrogens (primary N) is 1. The maximum atomic E-state index is 5.94. The number of nitrogen functional groups attached to an aromatic ring is 1. The van der Waals surface area contributed by atoms with E-state index in [1.807, 2.05) is 12.1 Å². The minimum atomic E-state index is 0.363. The molecular formula is C14H11IN2OS. The molecule has 0 radical (unpaired) electrons. The van der Waals surface area contributed by atoms with Crippen LogP contribution in [0.1, 0.15) is 5.56 Å². The first-order valence-corrected chi connectivity index (χ1v) is 7.67. The highest BCUT2D eigenvalue weighted by molar-refractivity contribution is 14.1. The first-order chi connectivity index (χ1) is 9.15. The van der Waals surface area contributed by atoms with E-state index in [9.17, 15) is 0 Å². The van der Waals surface area contributed by atoms with Gasteiger partial charge in [-0.1, -0.05) is 35.0 Å². The van der Waals surface area contributed by atoms with Crippen molar-refractivity contribution in [2.75, 3.05) is 5.73 Å². The molecule has 2 aromatic heterocycles. The van der Waals surface area contributed by atoms with Crippen molar-refractivity contribution in [2.24, 2.45) is 0 Å². The van der Waals surface area contributed by atoms with Crippen LogP contribution in [-0.4, -0.2) is 5.16 Å². The van der Waals surface area contributed by atoms with Crippen LogP contribution in [0.25, 0.3) is 22.4 Å². The maximum absolute atomic E-state index is 5.94. The zero-order valence-electron chi connectivity index (χ0n) is 10.2. The summed E-state index contributed by atoms with van der Waals surface area (Å²) in [6, 6.07) is 10.3. The molecule has 0 saturated heterocycles. The summed E-state index contributed by atoms with van der Waals surface area (Å²) in [5.74, 6) is 0.363. The Bertz CT molecular complexity index is 733. The van der Waals surface area contributed by atoms with Crippen molar-refractivity contribution in [1.29, 1.82) is 0 Å². The van der Waals surface area contributed by atoms with Crippen LogP contribution in [-0.2, 0) is 0 Å². The third-order valence-electron chi connectivity index (χ3n) is 2.87. The number of nitrogens with zero attached hydrogens (tertiary/aromatic N) is 1. The second kappa shape index (κ2) is 4.97. The average Bonchev–Trinajstić information content (AvgIpc) is 2.95. The standard InChI is InChI=1S/C14H11IN2OS/c1-8-3-2-4-9(5-8)12-13(17-18-14(12)16)10-6-11(15)19-7-10/h2-7H,16H2,1H3. The average molecular weight is 382 g/mol. The number of rotatable bonds is 2. The van der Waals surface area contributed by atoms with E-state index < -0.39 is 0 Å². The van der Waals surface area contributed by atoms with Crippen LogP contribution in [0.15, 0.2) is 40.2 Å². The second-order valence-electron chi connectivity index (χ2n) is 4.28. The van der Waals surface area contributed by atoms with Crippen molar-refractivity contribution in [1.82, 2.24) is 5.16 Å². The van der Waals surface area contributed by atoms with Crippen LogP contribution < -0.4 is 5.73 Å². The van der Waals surface area contributed by atoms with Crippen LogP contribution in [0.2, 0.25) is 0 Å². The fourth-order valence-electron chi connectivity index (χ4n) is 2.01. The van der Waals surface area contributed by atoms with Crippen LogP contribution in [0.5, 0.6) is 0 Å². The Hall–Kier alpha value is -1.34. The Morgan fingerprint density at radius 3 is 2.79 bits per heavy atom. The lowest BCUT2D eigenvalue weighted by Gasteiger charge is -2.02. The molecule has 0 atom stereocenters. The molecule has 0 spiro atoms. The Labute approximate surface area is 128 Å². The molecule has 2 N–H and O–H groups in total. The summed E-state index contributed by atoms with van der Waals surface area (Å²) >= 11 is 3.97. The lowest BCUT2D eigenvalue weighted by atomic mass is 10.0.